The Balaban J connectivity index is 2.44. The zero-order chi connectivity index (χ0) is 14.0. The van der Waals surface area contributed by atoms with Crippen molar-refractivity contribution < 1.29 is 0 Å². The van der Waals surface area contributed by atoms with Gasteiger partial charge in [-0.3, -0.25) is 0 Å². The van der Waals surface area contributed by atoms with Gasteiger partial charge >= 0.3 is 0 Å². The molecule has 0 aliphatic rings. The third kappa shape index (κ3) is 3.17. The second kappa shape index (κ2) is 5.76. The van der Waals surface area contributed by atoms with Crippen molar-refractivity contribution in [1.29, 1.82) is 0 Å². The number of benzene rings is 1. The first-order chi connectivity index (χ1) is 8.99. The fourth-order valence-corrected chi connectivity index (χ4v) is 2.37. The van der Waals surface area contributed by atoms with Crippen molar-refractivity contribution in [3.05, 3.63) is 45.8 Å². The number of rotatable bonds is 3. The van der Waals surface area contributed by atoms with Gasteiger partial charge in [-0.25, -0.2) is 9.97 Å². The summed E-state index contributed by atoms with van der Waals surface area (Å²) in [4.78, 5) is 8.31. The highest BCUT2D eigenvalue weighted by Gasteiger charge is 2.14. The van der Waals surface area contributed by atoms with Gasteiger partial charge in [0.15, 0.2) is 0 Å². The second-order valence-electron chi connectivity index (χ2n) is 4.67. The molecule has 0 aliphatic carbocycles. The number of nitrogens with one attached hydrogen (secondary N) is 1. The normalized spacial score (nSPS) is 10.8. The van der Waals surface area contributed by atoms with Crippen LogP contribution in [0.3, 0.4) is 0 Å². The molecule has 1 N–H and O–H groups in total. The fourth-order valence-electron chi connectivity index (χ4n) is 1.84. The molecule has 3 nitrogen and oxygen atoms in total. The average Bonchev–Trinajstić information content (AvgIpc) is 2.33. The first kappa shape index (κ1) is 14.1. The molecule has 0 radical (unpaired) electrons. The monoisotopic (exact) mass is 295 g/mol. The fraction of sp³-hybridized carbons (Fsp3) is 0.286. The standard InChI is InChI=1S/C14H15Cl2N3/c1-8(2)12-13(16)17-7-18-14(12)19-11-6-10(15)5-4-9(11)3/h4-8H,1-3H3,(H,17,18,19). The molecule has 0 unspecified atom stereocenters. The summed E-state index contributed by atoms with van der Waals surface area (Å²) in [6, 6.07) is 5.69. The first-order valence-corrected chi connectivity index (χ1v) is 6.78. The van der Waals surface area contributed by atoms with E-state index >= 15 is 0 Å². The second-order valence-corrected chi connectivity index (χ2v) is 5.46. The summed E-state index contributed by atoms with van der Waals surface area (Å²) in [5.41, 5.74) is 2.92. The Labute approximate surface area is 123 Å². The van der Waals surface area contributed by atoms with Crippen LogP contribution in [0.2, 0.25) is 10.2 Å². The van der Waals surface area contributed by atoms with Crippen molar-refractivity contribution in [3.63, 3.8) is 0 Å². The highest BCUT2D eigenvalue weighted by molar-refractivity contribution is 6.31. The van der Waals surface area contributed by atoms with Crippen LogP contribution in [0.25, 0.3) is 0 Å². The molecule has 2 rings (SSSR count). The third-order valence-corrected chi connectivity index (χ3v) is 3.40. The molecule has 100 valence electrons. The Morgan fingerprint density at radius 2 is 1.89 bits per heavy atom. The summed E-state index contributed by atoms with van der Waals surface area (Å²) < 4.78 is 0. The van der Waals surface area contributed by atoms with Gasteiger partial charge in [0.1, 0.15) is 17.3 Å². The smallest absolute Gasteiger partial charge is 0.138 e. The molecule has 0 saturated carbocycles. The van der Waals surface area contributed by atoms with E-state index in [1.807, 2.05) is 25.1 Å². The molecule has 1 aromatic heterocycles. The zero-order valence-corrected chi connectivity index (χ0v) is 12.5. The quantitative estimate of drug-likeness (QED) is 0.813. The molecule has 5 heteroatoms. The lowest BCUT2D eigenvalue weighted by Gasteiger charge is -2.15. The molecular weight excluding hydrogens is 281 g/mol. The zero-order valence-electron chi connectivity index (χ0n) is 11.0. The van der Waals surface area contributed by atoms with Gasteiger partial charge in [0.05, 0.1) is 0 Å². The van der Waals surface area contributed by atoms with Gasteiger partial charge in [-0.1, -0.05) is 43.1 Å². The highest BCUT2D eigenvalue weighted by Crippen LogP contribution is 2.31. The van der Waals surface area contributed by atoms with Crippen LogP contribution in [-0.4, -0.2) is 9.97 Å². The van der Waals surface area contributed by atoms with Crippen molar-refractivity contribution in [2.45, 2.75) is 26.7 Å². The molecule has 1 heterocycles. The summed E-state index contributed by atoms with van der Waals surface area (Å²) in [5, 5.41) is 4.44. The van der Waals surface area contributed by atoms with Gasteiger partial charge in [0, 0.05) is 16.3 Å². The molecule has 0 amide bonds. The topological polar surface area (TPSA) is 37.8 Å². The molecular formula is C14H15Cl2N3. The first-order valence-electron chi connectivity index (χ1n) is 6.02. The molecule has 0 bridgehead atoms. The Kier molecular flexibility index (Phi) is 4.27. The van der Waals surface area contributed by atoms with E-state index in [-0.39, 0.29) is 5.92 Å². The minimum Gasteiger partial charge on any atom is -0.340 e. The molecule has 0 spiro atoms. The summed E-state index contributed by atoms with van der Waals surface area (Å²) in [5.74, 6) is 0.955. The van der Waals surface area contributed by atoms with Crippen molar-refractivity contribution in [2.75, 3.05) is 5.32 Å². The Bertz CT molecular complexity index is 597. The summed E-state index contributed by atoms with van der Waals surface area (Å²) in [6.45, 7) is 6.12. The lowest BCUT2D eigenvalue weighted by Crippen LogP contribution is -2.03. The maximum absolute atomic E-state index is 6.14. The molecule has 0 aliphatic heterocycles. The van der Waals surface area contributed by atoms with Gasteiger partial charge in [-0.05, 0) is 30.5 Å². The maximum atomic E-state index is 6.14. The predicted octanol–water partition coefficient (Wildman–Crippen LogP) is 4.96. The van der Waals surface area contributed by atoms with Crippen LogP contribution in [-0.2, 0) is 0 Å². The molecule has 1 aromatic carbocycles. The molecule has 0 atom stereocenters. The van der Waals surface area contributed by atoms with Crippen LogP contribution in [0, 0.1) is 6.92 Å². The van der Waals surface area contributed by atoms with E-state index in [0.29, 0.717) is 10.2 Å². The van der Waals surface area contributed by atoms with Crippen LogP contribution in [0.1, 0.15) is 30.9 Å². The van der Waals surface area contributed by atoms with Crippen LogP contribution in [0.15, 0.2) is 24.5 Å². The minimum absolute atomic E-state index is 0.232. The van der Waals surface area contributed by atoms with Gasteiger partial charge < -0.3 is 5.32 Å². The number of anilines is 2. The van der Waals surface area contributed by atoms with Crippen molar-refractivity contribution in [2.24, 2.45) is 0 Å². The lowest BCUT2D eigenvalue weighted by atomic mass is 10.1. The minimum atomic E-state index is 0.232. The number of hydrogen-bond acceptors (Lipinski definition) is 3. The number of hydrogen-bond donors (Lipinski definition) is 1. The van der Waals surface area contributed by atoms with Gasteiger partial charge in [0.2, 0.25) is 0 Å². The van der Waals surface area contributed by atoms with Crippen molar-refractivity contribution in [3.8, 4) is 0 Å². The SMILES string of the molecule is Cc1ccc(Cl)cc1Nc1ncnc(Cl)c1C(C)C. The van der Waals surface area contributed by atoms with Crippen LogP contribution < -0.4 is 5.32 Å². The van der Waals surface area contributed by atoms with Crippen LogP contribution in [0.5, 0.6) is 0 Å². The van der Waals surface area contributed by atoms with E-state index < -0.39 is 0 Å². The Morgan fingerprint density at radius 3 is 2.58 bits per heavy atom. The maximum Gasteiger partial charge on any atom is 0.138 e. The van der Waals surface area contributed by atoms with Crippen LogP contribution >= 0.6 is 23.2 Å². The van der Waals surface area contributed by atoms with Gasteiger partial charge in [-0.15, -0.1) is 0 Å². The summed E-state index contributed by atoms with van der Waals surface area (Å²) >= 11 is 12.2. The van der Waals surface area contributed by atoms with Crippen LogP contribution in [0.4, 0.5) is 11.5 Å². The van der Waals surface area contributed by atoms with E-state index in [4.69, 9.17) is 23.2 Å². The lowest BCUT2D eigenvalue weighted by molar-refractivity contribution is 0.850. The van der Waals surface area contributed by atoms with Gasteiger partial charge in [0.25, 0.3) is 0 Å². The average molecular weight is 296 g/mol. The molecule has 19 heavy (non-hydrogen) atoms. The summed E-state index contributed by atoms with van der Waals surface area (Å²) in [7, 11) is 0. The van der Waals surface area contributed by atoms with E-state index in [2.05, 4.69) is 29.1 Å². The third-order valence-electron chi connectivity index (χ3n) is 2.87. The van der Waals surface area contributed by atoms with E-state index in [1.165, 1.54) is 6.33 Å². The van der Waals surface area contributed by atoms with E-state index in [9.17, 15) is 0 Å². The van der Waals surface area contributed by atoms with E-state index in [1.54, 1.807) is 0 Å². The number of aromatic nitrogens is 2. The Hall–Kier alpha value is -1.32. The Morgan fingerprint density at radius 1 is 1.16 bits per heavy atom. The predicted molar refractivity (Wildman–Crippen MR) is 80.6 cm³/mol. The molecule has 2 aromatic rings. The van der Waals surface area contributed by atoms with E-state index in [0.717, 1.165) is 22.6 Å². The molecule has 0 fully saturated rings. The molecule has 0 saturated heterocycles. The largest absolute Gasteiger partial charge is 0.340 e. The number of halogens is 2. The number of aryl methyl sites for hydroxylation is 1. The van der Waals surface area contributed by atoms with Gasteiger partial charge in [-0.2, -0.15) is 0 Å². The number of nitrogens with zero attached hydrogens (tertiary/aromatic N) is 2. The highest BCUT2D eigenvalue weighted by atomic mass is 35.5. The summed E-state index contributed by atoms with van der Waals surface area (Å²) in [6.07, 6.45) is 1.45. The van der Waals surface area contributed by atoms with Crippen molar-refractivity contribution in [1.82, 2.24) is 9.97 Å². The van der Waals surface area contributed by atoms with Crippen molar-refractivity contribution >= 4 is 34.7 Å².